The van der Waals surface area contributed by atoms with Crippen LogP contribution in [0.3, 0.4) is 0 Å². The van der Waals surface area contributed by atoms with Crippen molar-refractivity contribution in [2.75, 3.05) is 6.61 Å². The Hall–Kier alpha value is 0.0519. The van der Waals surface area contributed by atoms with Gasteiger partial charge in [-0.3, -0.25) is 0 Å². The van der Waals surface area contributed by atoms with Crippen LogP contribution in [0.4, 0.5) is 0 Å². The number of hydrogen-bond donors (Lipinski definition) is 0. The molecule has 23 heavy (non-hydrogen) atoms. The van der Waals surface area contributed by atoms with Crippen molar-refractivity contribution in [1.29, 1.82) is 0 Å². The molecule has 3 rings (SSSR count). The minimum absolute atomic E-state index is 0. The van der Waals surface area contributed by atoms with Crippen LogP contribution in [0, 0.1) is 12.5 Å². The van der Waals surface area contributed by atoms with Crippen LogP contribution >= 0.6 is 0 Å². The van der Waals surface area contributed by atoms with Gasteiger partial charge in [0.05, 0.1) is 6.61 Å². The van der Waals surface area contributed by atoms with E-state index in [-0.39, 0.29) is 75.2 Å². The SMILES string of the molecule is C[C@H]1[CH-]OC(Oc2cccc(OCCc3ccccc3)c2)C1.[Cs+]. The van der Waals surface area contributed by atoms with Crippen molar-refractivity contribution >= 4 is 0 Å². The molecule has 0 N–H and O–H groups in total. The third-order valence-electron chi connectivity index (χ3n) is 3.60. The van der Waals surface area contributed by atoms with E-state index in [1.807, 2.05) is 49.1 Å². The number of ether oxygens (including phenoxy) is 3. The zero-order chi connectivity index (χ0) is 15.2. The molecule has 1 fully saturated rings. The second kappa shape index (κ2) is 10.1. The molecule has 2 aromatic rings. The van der Waals surface area contributed by atoms with Crippen LogP contribution in [0.5, 0.6) is 11.5 Å². The van der Waals surface area contributed by atoms with E-state index in [0.29, 0.717) is 12.5 Å². The van der Waals surface area contributed by atoms with Crippen LogP contribution < -0.4 is 78.4 Å². The molecular weight excluding hydrogens is 409 g/mol. The van der Waals surface area contributed by atoms with Crippen molar-refractivity contribution in [1.82, 2.24) is 0 Å². The molecule has 2 aromatic carbocycles. The van der Waals surface area contributed by atoms with Crippen molar-refractivity contribution < 1.29 is 83.1 Å². The first kappa shape index (κ1) is 19.4. The summed E-state index contributed by atoms with van der Waals surface area (Å²) >= 11 is 0. The van der Waals surface area contributed by atoms with Gasteiger partial charge in [-0.05, 0) is 24.1 Å². The Morgan fingerprint density at radius 2 is 1.87 bits per heavy atom. The van der Waals surface area contributed by atoms with E-state index in [2.05, 4.69) is 19.1 Å². The first-order chi connectivity index (χ1) is 10.8. The molecule has 1 unspecified atom stereocenters. The van der Waals surface area contributed by atoms with E-state index in [9.17, 15) is 0 Å². The Morgan fingerprint density at radius 3 is 2.61 bits per heavy atom. The van der Waals surface area contributed by atoms with Crippen LogP contribution in [0.15, 0.2) is 54.6 Å². The molecule has 0 bridgehead atoms. The van der Waals surface area contributed by atoms with Crippen molar-refractivity contribution in [2.24, 2.45) is 5.92 Å². The molecule has 0 saturated carbocycles. The minimum Gasteiger partial charge on any atom is -0.520 e. The summed E-state index contributed by atoms with van der Waals surface area (Å²) < 4.78 is 17.1. The minimum atomic E-state index is -0.186. The van der Waals surface area contributed by atoms with Gasteiger partial charge < -0.3 is 14.2 Å². The third-order valence-corrected chi connectivity index (χ3v) is 3.60. The van der Waals surface area contributed by atoms with Gasteiger partial charge in [-0.15, -0.1) is 5.92 Å². The molecule has 116 valence electrons. The van der Waals surface area contributed by atoms with Gasteiger partial charge in [-0.25, -0.2) is 6.61 Å². The fourth-order valence-electron chi connectivity index (χ4n) is 2.43. The summed E-state index contributed by atoms with van der Waals surface area (Å²) in [5, 5.41) is 0. The first-order valence-corrected chi connectivity index (χ1v) is 7.72. The molecule has 0 amide bonds. The Labute approximate surface area is 197 Å². The van der Waals surface area contributed by atoms with Gasteiger partial charge in [-0.1, -0.05) is 43.3 Å². The summed E-state index contributed by atoms with van der Waals surface area (Å²) in [6, 6.07) is 18.1. The molecule has 1 aliphatic rings. The Balaban J connectivity index is 0.00000192. The molecule has 0 aliphatic carbocycles. The van der Waals surface area contributed by atoms with E-state index in [0.717, 1.165) is 24.3 Å². The average Bonchev–Trinajstić information content (AvgIpc) is 2.94. The van der Waals surface area contributed by atoms with Gasteiger partial charge >= 0.3 is 68.9 Å². The van der Waals surface area contributed by atoms with Gasteiger partial charge in [0.25, 0.3) is 0 Å². The number of hydrogen-bond acceptors (Lipinski definition) is 3. The van der Waals surface area contributed by atoms with Crippen LogP contribution in [-0.4, -0.2) is 12.9 Å². The van der Waals surface area contributed by atoms with Crippen LogP contribution in [0.25, 0.3) is 0 Å². The molecule has 3 nitrogen and oxygen atoms in total. The van der Waals surface area contributed by atoms with Gasteiger partial charge in [-0.2, -0.15) is 0 Å². The molecule has 2 atom stereocenters. The molecule has 0 radical (unpaired) electrons. The van der Waals surface area contributed by atoms with Crippen molar-refractivity contribution in [3.63, 3.8) is 0 Å². The second-order valence-corrected chi connectivity index (χ2v) is 5.59. The smallest absolute Gasteiger partial charge is 0.520 e. The van der Waals surface area contributed by atoms with Gasteiger partial charge in [0.1, 0.15) is 11.5 Å². The quantitative estimate of drug-likeness (QED) is 0.646. The normalized spacial score (nSPS) is 19.9. The molecule has 0 aromatic heterocycles. The van der Waals surface area contributed by atoms with Crippen LogP contribution in [-0.2, 0) is 11.2 Å². The van der Waals surface area contributed by atoms with E-state index in [1.54, 1.807) is 0 Å². The van der Waals surface area contributed by atoms with E-state index < -0.39 is 0 Å². The van der Waals surface area contributed by atoms with Crippen molar-refractivity contribution in [3.8, 4) is 11.5 Å². The molecular formula is C19H21CsO3. The fourth-order valence-corrected chi connectivity index (χ4v) is 2.43. The summed E-state index contributed by atoms with van der Waals surface area (Å²) in [6.45, 7) is 4.61. The van der Waals surface area contributed by atoms with Crippen LogP contribution in [0.1, 0.15) is 18.9 Å². The standard InChI is InChI=1S/C19H21O3.Cs/c1-15-12-19(21-14-15)22-18-9-5-8-17(13-18)20-11-10-16-6-3-2-4-7-16;/h2-9,13-15,19H,10-12H2,1H3;/q-1;+1/t15-,19?;/m1./s1. The second-order valence-electron chi connectivity index (χ2n) is 5.59. The fraction of sp³-hybridized carbons (Fsp3) is 0.316. The van der Waals surface area contributed by atoms with Gasteiger partial charge in [0.15, 0.2) is 6.29 Å². The molecule has 1 saturated heterocycles. The average molecular weight is 430 g/mol. The van der Waals surface area contributed by atoms with Crippen LogP contribution in [0.2, 0.25) is 0 Å². The van der Waals surface area contributed by atoms with Gasteiger partial charge in [0, 0.05) is 12.5 Å². The van der Waals surface area contributed by atoms with Crippen molar-refractivity contribution in [2.45, 2.75) is 26.1 Å². The predicted octanol–water partition coefficient (Wildman–Crippen LogP) is 1.24. The van der Waals surface area contributed by atoms with E-state index in [4.69, 9.17) is 14.2 Å². The predicted molar refractivity (Wildman–Crippen MR) is 85.7 cm³/mol. The number of benzene rings is 2. The van der Waals surface area contributed by atoms with Crippen molar-refractivity contribution in [3.05, 3.63) is 66.8 Å². The van der Waals surface area contributed by atoms with E-state index in [1.165, 1.54) is 5.56 Å². The van der Waals surface area contributed by atoms with Gasteiger partial charge in [0.2, 0.25) is 0 Å². The maximum absolute atomic E-state index is 5.82. The Bertz CT molecular complexity index is 588. The summed E-state index contributed by atoms with van der Waals surface area (Å²) in [4.78, 5) is 0. The topological polar surface area (TPSA) is 27.7 Å². The van der Waals surface area contributed by atoms with E-state index >= 15 is 0 Å². The zero-order valence-corrected chi connectivity index (χ0v) is 20.1. The summed E-state index contributed by atoms with van der Waals surface area (Å²) in [5.41, 5.74) is 1.28. The summed E-state index contributed by atoms with van der Waals surface area (Å²) in [5.74, 6) is 2.04. The number of rotatable bonds is 6. The molecule has 1 heterocycles. The summed E-state index contributed by atoms with van der Waals surface area (Å²) in [7, 11) is 0. The molecule has 1 aliphatic heterocycles. The first-order valence-electron chi connectivity index (χ1n) is 7.72. The molecule has 4 heteroatoms. The Kier molecular flexibility index (Phi) is 8.54. The molecule has 0 spiro atoms. The zero-order valence-electron chi connectivity index (χ0n) is 13.8. The maximum atomic E-state index is 5.82. The Morgan fingerprint density at radius 1 is 1.09 bits per heavy atom. The maximum Gasteiger partial charge on any atom is 1.00 e. The third kappa shape index (κ3) is 6.46. The monoisotopic (exact) mass is 430 g/mol. The summed E-state index contributed by atoms with van der Waals surface area (Å²) in [6.07, 6.45) is 1.60. The largest absolute Gasteiger partial charge is 1.00 e.